The van der Waals surface area contributed by atoms with Crippen molar-refractivity contribution < 1.29 is 23.8 Å². The zero-order valence-electron chi connectivity index (χ0n) is 19.1. The summed E-state index contributed by atoms with van der Waals surface area (Å²) in [5, 5.41) is 18.7. The summed E-state index contributed by atoms with van der Waals surface area (Å²) in [5.41, 5.74) is 1.30. The number of carbonyl (C=O) groups is 1. The fourth-order valence-corrected chi connectivity index (χ4v) is 3.78. The largest absolute Gasteiger partial charge is 0.484 e. The standard InChI is InChI=1S/C25H29N3O5/c1-25(2,3)33-24(30)28-14-13-20(21(29)15-28)17-9-11-19(12-10-17)31-16-22-26-27-23(32-22)18-7-5-4-6-8-18/h4-12,20-21,29H,13-16H2,1-3H3. The van der Waals surface area contributed by atoms with Gasteiger partial charge < -0.3 is 23.9 Å². The lowest BCUT2D eigenvalue weighted by molar-refractivity contribution is -0.00152. The van der Waals surface area contributed by atoms with Crippen LogP contribution in [0.25, 0.3) is 11.5 Å². The van der Waals surface area contributed by atoms with Crippen molar-refractivity contribution in [2.45, 2.75) is 51.4 Å². The highest BCUT2D eigenvalue weighted by Gasteiger charge is 2.33. The van der Waals surface area contributed by atoms with Crippen molar-refractivity contribution >= 4 is 6.09 Å². The van der Waals surface area contributed by atoms with Crippen molar-refractivity contribution in [3.05, 3.63) is 66.1 Å². The van der Waals surface area contributed by atoms with Crippen molar-refractivity contribution in [3.63, 3.8) is 0 Å². The Morgan fingerprint density at radius 3 is 2.52 bits per heavy atom. The molecule has 0 radical (unpaired) electrons. The van der Waals surface area contributed by atoms with E-state index in [0.717, 1.165) is 11.1 Å². The minimum Gasteiger partial charge on any atom is -0.484 e. The second-order valence-electron chi connectivity index (χ2n) is 9.11. The third-order valence-corrected chi connectivity index (χ3v) is 5.39. The van der Waals surface area contributed by atoms with Gasteiger partial charge in [-0.05, 0) is 57.0 Å². The van der Waals surface area contributed by atoms with E-state index in [1.807, 2.05) is 75.4 Å². The number of likely N-dealkylation sites (tertiary alicyclic amines) is 1. The van der Waals surface area contributed by atoms with E-state index in [9.17, 15) is 9.90 Å². The summed E-state index contributed by atoms with van der Waals surface area (Å²) in [6, 6.07) is 17.2. The number of aliphatic hydroxyl groups excluding tert-OH is 1. The number of carbonyl (C=O) groups excluding carboxylic acids is 1. The van der Waals surface area contributed by atoms with Crippen LogP contribution in [0.15, 0.2) is 59.0 Å². The zero-order valence-corrected chi connectivity index (χ0v) is 19.1. The van der Waals surface area contributed by atoms with Crippen LogP contribution >= 0.6 is 0 Å². The lowest BCUT2D eigenvalue weighted by Gasteiger charge is -2.36. The highest BCUT2D eigenvalue weighted by Crippen LogP contribution is 2.30. The van der Waals surface area contributed by atoms with Gasteiger partial charge in [-0.25, -0.2) is 4.79 Å². The number of nitrogens with zero attached hydrogens (tertiary/aromatic N) is 3. The molecule has 1 N–H and O–H groups in total. The Balaban J connectivity index is 1.31. The molecule has 1 fully saturated rings. The minimum atomic E-state index is -0.659. The van der Waals surface area contributed by atoms with E-state index in [1.54, 1.807) is 4.90 Å². The maximum atomic E-state index is 12.3. The second-order valence-corrected chi connectivity index (χ2v) is 9.11. The fourth-order valence-electron chi connectivity index (χ4n) is 3.78. The van der Waals surface area contributed by atoms with Crippen molar-refractivity contribution in [3.8, 4) is 17.2 Å². The lowest BCUT2D eigenvalue weighted by Crippen LogP contribution is -2.47. The van der Waals surface area contributed by atoms with Crippen molar-refractivity contribution in [2.75, 3.05) is 13.1 Å². The molecule has 1 amide bonds. The molecule has 1 aromatic heterocycles. The van der Waals surface area contributed by atoms with E-state index in [4.69, 9.17) is 13.9 Å². The normalized spacial score (nSPS) is 18.7. The van der Waals surface area contributed by atoms with Crippen LogP contribution in [0, 0.1) is 0 Å². The van der Waals surface area contributed by atoms with Crippen LogP contribution in [0.3, 0.4) is 0 Å². The molecule has 33 heavy (non-hydrogen) atoms. The van der Waals surface area contributed by atoms with Gasteiger partial charge in [0.05, 0.1) is 12.6 Å². The number of ether oxygens (including phenoxy) is 2. The number of rotatable bonds is 5. The average Bonchev–Trinajstić information content (AvgIpc) is 3.27. The Bertz CT molecular complexity index is 1060. The van der Waals surface area contributed by atoms with Gasteiger partial charge in [0, 0.05) is 18.0 Å². The van der Waals surface area contributed by atoms with Crippen LogP contribution in [0.2, 0.25) is 0 Å². The van der Waals surface area contributed by atoms with Crippen molar-refractivity contribution in [1.82, 2.24) is 15.1 Å². The first-order valence-electron chi connectivity index (χ1n) is 11.0. The molecule has 0 spiro atoms. The molecule has 2 atom stereocenters. The number of aliphatic hydroxyl groups is 1. The number of hydrogen-bond donors (Lipinski definition) is 1. The van der Waals surface area contributed by atoms with E-state index < -0.39 is 11.7 Å². The molecular formula is C25H29N3O5. The Morgan fingerprint density at radius 2 is 1.85 bits per heavy atom. The number of amides is 1. The molecule has 1 aliphatic heterocycles. The molecule has 2 aromatic carbocycles. The highest BCUT2D eigenvalue weighted by atomic mass is 16.6. The summed E-state index contributed by atoms with van der Waals surface area (Å²) in [6.07, 6.45) is -0.391. The number of β-amino-alcohol motifs (C(OH)–C–C–N with tert-alkyl or cyclic N) is 1. The maximum absolute atomic E-state index is 12.3. The Kier molecular flexibility index (Phi) is 6.65. The first-order chi connectivity index (χ1) is 15.8. The Labute approximate surface area is 193 Å². The Morgan fingerprint density at radius 1 is 1.12 bits per heavy atom. The van der Waals surface area contributed by atoms with Gasteiger partial charge >= 0.3 is 6.09 Å². The van der Waals surface area contributed by atoms with Crippen LogP contribution in [0.1, 0.15) is 44.6 Å². The molecule has 1 aliphatic rings. The summed E-state index contributed by atoms with van der Waals surface area (Å²) in [4.78, 5) is 13.8. The van der Waals surface area contributed by atoms with Crippen LogP contribution in [-0.4, -0.2) is 51.1 Å². The molecule has 1 saturated heterocycles. The van der Waals surface area contributed by atoms with Crippen LogP contribution in [0.5, 0.6) is 5.75 Å². The maximum Gasteiger partial charge on any atom is 0.410 e. The summed E-state index contributed by atoms with van der Waals surface area (Å²) in [5.74, 6) is 1.46. The second kappa shape index (κ2) is 9.62. The molecule has 3 aromatic rings. The topological polar surface area (TPSA) is 97.9 Å². The summed E-state index contributed by atoms with van der Waals surface area (Å²) < 4.78 is 16.9. The van der Waals surface area contributed by atoms with Crippen molar-refractivity contribution in [2.24, 2.45) is 0 Å². The Hall–Kier alpha value is -3.39. The van der Waals surface area contributed by atoms with E-state index in [1.165, 1.54) is 0 Å². The van der Waals surface area contributed by atoms with Gasteiger partial charge in [0.15, 0.2) is 6.61 Å². The fraction of sp³-hybridized carbons (Fsp3) is 0.400. The minimum absolute atomic E-state index is 0.0536. The van der Waals surface area contributed by atoms with Gasteiger partial charge in [-0.1, -0.05) is 30.3 Å². The SMILES string of the molecule is CC(C)(C)OC(=O)N1CCC(c2ccc(OCc3nnc(-c4ccccc4)o3)cc2)C(O)C1. The summed E-state index contributed by atoms with van der Waals surface area (Å²) >= 11 is 0. The lowest BCUT2D eigenvalue weighted by atomic mass is 9.87. The van der Waals surface area contributed by atoms with E-state index in [2.05, 4.69) is 10.2 Å². The quantitative estimate of drug-likeness (QED) is 0.614. The zero-order chi connectivity index (χ0) is 23.4. The number of aromatic nitrogens is 2. The first kappa shape index (κ1) is 22.8. The predicted molar refractivity (Wildman–Crippen MR) is 122 cm³/mol. The van der Waals surface area contributed by atoms with E-state index in [-0.39, 0.29) is 25.2 Å². The van der Waals surface area contributed by atoms with Gasteiger partial charge in [0.25, 0.3) is 5.89 Å². The molecular weight excluding hydrogens is 422 g/mol. The van der Waals surface area contributed by atoms with Crippen LogP contribution in [-0.2, 0) is 11.3 Å². The molecule has 8 heteroatoms. The molecule has 0 bridgehead atoms. The third kappa shape index (κ3) is 5.90. The summed E-state index contributed by atoms with van der Waals surface area (Å²) in [6.45, 7) is 6.44. The monoisotopic (exact) mass is 451 g/mol. The van der Waals surface area contributed by atoms with Gasteiger partial charge in [-0.15, -0.1) is 10.2 Å². The smallest absolute Gasteiger partial charge is 0.410 e. The molecule has 2 heterocycles. The predicted octanol–water partition coefficient (Wildman–Crippen LogP) is 4.40. The number of benzene rings is 2. The molecule has 0 saturated carbocycles. The summed E-state index contributed by atoms with van der Waals surface area (Å²) in [7, 11) is 0. The molecule has 2 unspecified atom stereocenters. The van der Waals surface area contributed by atoms with E-state index >= 15 is 0 Å². The number of piperidine rings is 1. The van der Waals surface area contributed by atoms with Crippen molar-refractivity contribution in [1.29, 1.82) is 0 Å². The van der Waals surface area contributed by atoms with Gasteiger partial charge in [-0.3, -0.25) is 0 Å². The average molecular weight is 452 g/mol. The van der Waals surface area contributed by atoms with Crippen LogP contribution < -0.4 is 4.74 Å². The number of hydrogen-bond acceptors (Lipinski definition) is 7. The highest BCUT2D eigenvalue weighted by molar-refractivity contribution is 5.68. The first-order valence-corrected chi connectivity index (χ1v) is 11.0. The van der Waals surface area contributed by atoms with Gasteiger partial charge in [0.1, 0.15) is 11.4 Å². The van der Waals surface area contributed by atoms with Crippen LogP contribution in [0.4, 0.5) is 4.79 Å². The van der Waals surface area contributed by atoms with Gasteiger partial charge in [0.2, 0.25) is 5.89 Å². The molecule has 4 rings (SSSR count). The van der Waals surface area contributed by atoms with E-state index in [0.29, 0.717) is 30.5 Å². The third-order valence-electron chi connectivity index (χ3n) is 5.39. The molecule has 174 valence electrons. The molecule has 0 aliphatic carbocycles. The van der Waals surface area contributed by atoms with Gasteiger partial charge in [-0.2, -0.15) is 0 Å². The molecule has 8 nitrogen and oxygen atoms in total.